The molecule has 0 aliphatic carbocycles. The monoisotopic (exact) mass is 275 g/mol. The van der Waals surface area contributed by atoms with Crippen LogP contribution in [0.2, 0.25) is 0 Å². The largest absolute Gasteiger partial charge is 0.356 e. The van der Waals surface area contributed by atoms with Crippen molar-refractivity contribution in [1.29, 1.82) is 0 Å². The zero-order chi connectivity index (χ0) is 14.6. The van der Waals surface area contributed by atoms with Crippen LogP contribution in [-0.2, 0) is 0 Å². The molecule has 3 heteroatoms. The third-order valence-electron chi connectivity index (χ3n) is 4.20. The molecule has 112 valence electrons. The van der Waals surface area contributed by atoms with Crippen LogP contribution in [0.5, 0.6) is 0 Å². The molecule has 1 aliphatic rings. The van der Waals surface area contributed by atoms with Crippen molar-refractivity contribution in [3.63, 3.8) is 0 Å². The fourth-order valence-corrected chi connectivity index (χ4v) is 2.94. The first-order chi connectivity index (χ1) is 9.52. The molecule has 2 heterocycles. The van der Waals surface area contributed by atoms with E-state index in [-0.39, 0.29) is 0 Å². The Kier molecular flexibility index (Phi) is 5.03. The van der Waals surface area contributed by atoms with Gasteiger partial charge in [-0.3, -0.25) is 0 Å². The van der Waals surface area contributed by atoms with Crippen LogP contribution >= 0.6 is 0 Å². The number of anilines is 1. The van der Waals surface area contributed by atoms with Gasteiger partial charge >= 0.3 is 0 Å². The Balaban J connectivity index is 2.00. The predicted molar refractivity (Wildman–Crippen MR) is 86.2 cm³/mol. The molecule has 0 spiro atoms. The quantitative estimate of drug-likeness (QED) is 0.886. The average Bonchev–Trinajstić information content (AvgIpc) is 2.44. The van der Waals surface area contributed by atoms with Crippen molar-refractivity contribution in [2.75, 3.05) is 24.5 Å². The molecule has 1 unspecified atom stereocenters. The van der Waals surface area contributed by atoms with Crippen LogP contribution in [0.4, 0.5) is 5.82 Å². The Morgan fingerprint density at radius 3 is 2.80 bits per heavy atom. The molecular formula is C17H29N3. The van der Waals surface area contributed by atoms with Gasteiger partial charge in [0.25, 0.3) is 0 Å². The summed E-state index contributed by atoms with van der Waals surface area (Å²) >= 11 is 0. The maximum absolute atomic E-state index is 4.68. The Morgan fingerprint density at radius 1 is 1.40 bits per heavy atom. The lowest BCUT2D eigenvalue weighted by Gasteiger charge is -2.38. The third-order valence-corrected chi connectivity index (χ3v) is 4.20. The van der Waals surface area contributed by atoms with Crippen LogP contribution in [0.15, 0.2) is 18.3 Å². The van der Waals surface area contributed by atoms with E-state index >= 15 is 0 Å². The minimum atomic E-state index is 0.384. The van der Waals surface area contributed by atoms with Gasteiger partial charge in [-0.2, -0.15) is 0 Å². The van der Waals surface area contributed by atoms with Crippen LogP contribution in [0, 0.1) is 5.41 Å². The van der Waals surface area contributed by atoms with Crippen LogP contribution < -0.4 is 10.2 Å². The molecule has 1 fully saturated rings. The molecule has 0 radical (unpaired) electrons. The maximum Gasteiger partial charge on any atom is 0.128 e. The lowest BCUT2D eigenvalue weighted by atomic mass is 9.84. The van der Waals surface area contributed by atoms with Gasteiger partial charge in [-0.1, -0.05) is 26.8 Å². The van der Waals surface area contributed by atoms with Gasteiger partial charge in [0.15, 0.2) is 0 Å². The smallest absolute Gasteiger partial charge is 0.128 e. The van der Waals surface area contributed by atoms with Crippen molar-refractivity contribution in [3.05, 3.63) is 23.9 Å². The van der Waals surface area contributed by atoms with Crippen molar-refractivity contribution >= 4 is 5.82 Å². The molecule has 1 aromatic heterocycles. The number of nitrogens with one attached hydrogen (secondary N) is 1. The second kappa shape index (κ2) is 6.57. The molecule has 1 atom stereocenters. The van der Waals surface area contributed by atoms with Crippen LogP contribution in [0.25, 0.3) is 0 Å². The van der Waals surface area contributed by atoms with Crippen molar-refractivity contribution in [3.8, 4) is 0 Å². The summed E-state index contributed by atoms with van der Waals surface area (Å²) in [5, 5.41) is 3.51. The molecule has 0 saturated carbocycles. The topological polar surface area (TPSA) is 28.2 Å². The standard InChI is InChI=1S/C17H29N3/c1-5-10-18-14(2)15-7-8-16(19-12-15)20-11-6-9-17(3,4)13-20/h7-8,12,14,18H,5-6,9-11,13H2,1-4H3. The molecule has 2 rings (SSSR count). The molecule has 20 heavy (non-hydrogen) atoms. The lowest BCUT2D eigenvalue weighted by Crippen LogP contribution is -2.40. The van der Waals surface area contributed by atoms with Crippen molar-refractivity contribution in [2.24, 2.45) is 5.41 Å². The van der Waals surface area contributed by atoms with Gasteiger partial charge in [0, 0.05) is 25.3 Å². The highest BCUT2D eigenvalue weighted by atomic mass is 15.2. The van der Waals surface area contributed by atoms with Crippen LogP contribution in [0.1, 0.15) is 58.6 Å². The Morgan fingerprint density at radius 2 is 2.20 bits per heavy atom. The average molecular weight is 275 g/mol. The summed E-state index contributed by atoms with van der Waals surface area (Å²) in [4.78, 5) is 7.11. The highest BCUT2D eigenvalue weighted by Gasteiger charge is 2.26. The van der Waals surface area contributed by atoms with E-state index in [1.807, 2.05) is 6.20 Å². The number of rotatable bonds is 5. The summed E-state index contributed by atoms with van der Waals surface area (Å²) in [5.41, 5.74) is 1.69. The fourth-order valence-electron chi connectivity index (χ4n) is 2.94. The molecule has 3 nitrogen and oxygen atoms in total. The van der Waals surface area contributed by atoms with Crippen molar-refractivity contribution in [1.82, 2.24) is 10.3 Å². The van der Waals surface area contributed by atoms with E-state index in [0.29, 0.717) is 11.5 Å². The summed E-state index contributed by atoms with van der Waals surface area (Å²) in [6.07, 6.45) is 5.79. The van der Waals surface area contributed by atoms with E-state index in [2.05, 4.69) is 55.0 Å². The van der Waals surface area contributed by atoms with Gasteiger partial charge < -0.3 is 10.2 Å². The van der Waals surface area contributed by atoms with E-state index in [9.17, 15) is 0 Å². The predicted octanol–water partition coefficient (Wildman–Crippen LogP) is 3.77. The summed E-state index contributed by atoms with van der Waals surface area (Å²) in [6.45, 7) is 12.4. The van der Waals surface area contributed by atoms with Crippen LogP contribution in [0.3, 0.4) is 0 Å². The zero-order valence-electron chi connectivity index (χ0n) is 13.4. The van der Waals surface area contributed by atoms with Crippen molar-refractivity contribution in [2.45, 2.75) is 53.0 Å². The number of nitrogens with zero attached hydrogens (tertiary/aromatic N) is 2. The highest BCUT2D eigenvalue weighted by molar-refractivity contribution is 5.40. The van der Waals surface area contributed by atoms with Gasteiger partial charge in [0.05, 0.1) is 0 Å². The summed E-state index contributed by atoms with van der Waals surface area (Å²) in [5.74, 6) is 1.13. The third kappa shape index (κ3) is 3.95. The van der Waals surface area contributed by atoms with Gasteiger partial charge in [0.2, 0.25) is 0 Å². The first-order valence-corrected chi connectivity index (χ1v) is 7.96. The Bertz CT molecular complexity index is 411. The lowest BCUT2D eigenvalue weighted by molar-refractivity contribution is 0.292. The summed E-state index contributed by atoms with van der Waals surface area (Å²) in [7, 11) is 0. The van der Waals surface area contributed by atoms with E-state index in [1.54, 1.807) is 0 Å². The van der Waals surface area contributed by atoms with E-state index in [1.165, 1.54) is 24.8 Å². The summed E-state index contributed by atoms with van der Waals surface area (Å²) < 4.78 is 0. The Labute approximate surface area is 123 Å². The molecule has 1 aliphatic heterocycles. The molecular weight excluding hydrogens is 246 g/mol. The first-order valence-electron chi connectivity index (χ1n) is 7.96. The van der Waals surface area contributed by atoms with Crippen LogP contribution in [-0.4, -0.2) is 24.6 Å². The minimum Gasteiger partial charge on any atom is -0.356 e. The van der Waals surface area contributed by atoms with Crippen molar-refractivity contribution < 1.29 is 0 Å². The maximum atomic E-state index is 4.68. The molecule has 0 amide bonds. The molecule has 1 aromatic rings. The summed E-state index contributed by atoms with van der Waals surface area (Å²) in [6, 6.07) is 4.78. The number of aromatic nitrogens is 1. The Hall–Kier alpha value is -1.09. The second-order valence-corrected chi connectivity index (χ2v) is 6.81. The second-order valence-electron chi connectivity index (χ2n) is 6.81. The van der Waals surface area contributed by atoms with Gasteiger partial charge in [-0.05, 0) is 49.8 Å². The highest BCUT2D eigenvalue weighted by Crippen LogP contribution is 2.30. The molecule has 0 aromatic carbocycles. The number of hydrogen-bond acceptors (Lipinski definition) is 3. The van der Waals surface area contributed by atoms with Gasteiger partial charge in [0.1, 0.15) is 5.82 Å². The van der Waals surface area contributed by atoms with E-state index in [4.69, 9.17) is 0 Å². The fraction of sp³-hybridized carbons (Fsp3) is 0.706. The number of piperidine rings is 1. The zero-order valence-corrected chi connectivity index (χ0v) is 13.4. The first kappa shape index (κ1) is 15.3. The van der Waals surface area contributed by atoms with Gasteiger partial charge in [-0.25, -0.2) is 4.98 Å². The number of hydrogen-bond donors (Lipinski definition) is 1. The molecule has 1 saturated heterocycles. The van der Waals surface area contributed by atoms with Gasteiger partial charge in [-0.15, -0.1) is 0 Å². The minimum absolute atomic E-state index is 0.384. The van der Waals surface area contributed by atoms with E-state index < -0.39 is 0 Å². The molecule has 0 bridgehead atoms. The number of pyridine rings is 1. The SMILES string of the molecule is CCCNC(C)c1ccc(N2CCCC(C)(C)C2)nc1. The van der Waals surface area contributed by atoms with E-state index in [0.717, 1.165) is 25.5 Å². The molecule has 1 N–H and O–H groups in total. The normalized spacial score (nSPS) is 19.9.